The fourth-order valence-electron chi connectivity index (χ4n) is 3.22. The van der Waals surface area contributed by atoms with Gasteiger partial charge in [-0.3, -0.25) is 8.93 Å². The standard InChI is InChI=1S/C22H27N5O7S3/c1-22(2,3)26-36(31,32)19-13-18(24-23-14-9-11-15(12-10-14)35(29)30)20-16(21(19)28)7-6-8-17(20)25-37(33,34)27(4)5/h6-13,25-26,28H,1-5H3,(H,29,30)/p-1. The molecule has 1 atom stereocenters. The van der Waals surface area contributed by atoms with Crippen LogP contribution in [0.3, 0.4) is 0 Å². The fourth-order valence-corrected chi connectivity index (χ4v) is 5.75. The van der Waals surface area contributed by atoms with Crippen LogP contribution < -0.4 is 9.44 Å². The Bertz CT molecular complexity index is 1600. The third kappa shape index (κ3) is 6.68. The van der Waals surface area contributed by atoms with Gasteiger partial charge >= 0.3 is 10.2 Å². The Balaban J connectivity index is 2.29. The fraction of sp³-hybridized carbons (Fsp3) is 0.273. The Hall–Kier alpha value is -2.95. The summed E-state index contributed by atoms with van der Waals surface area (Å²) in [6.07, 6.45) is 0. The van der Waals surface area contributed by atoms with E-state index in [0.29, 0.717) is 0 Å². The van der Waals surface area contributed by atoms with Crippen molar-refractivity contribution in [2.75, 3.05) is 18.8 Å². The third-order valence-electron chi connectivity index (χ3n) is 4.83. The lowest BCUT2D eigenvalue weighted by molar-refractivity contribution is 0.458. The number of sulfonamides is 1. The van der Waals surface area contributed by atoms with Gasteiger partial charge in [-0.2, -0.15) is 17.8 Å². The lowest BCUT2D eigenvalue weighted by Gasteiger charge is -2.22. The van der Waals surface area contributed by atoms with Crippen LogP contribution in [0, 0.1) is 0 Å². The van der Waals surface area contributed by atoms with Gasteiger partial charge in [-0.15, -0.1) is 5.11 Å². The lowest BCUT2D eigenvalue weighted by atomic mass is 10.1. The van der Waals surface area contributed by atoms with Crippen LogP contribution in [0.2, 0.25) is 0 Å². The van der Waals surface area contributed by atoms with Crippen molar-refractivity contribution in [3.8, 4) is 5.75 Å². The number of nitrogens with one attached hydrogen (secondary N) is 2. The molecule has 3 aromatic carbocycles. The van der Waals surface area contributed by atoms with E-state index in [2.05, 4.69) is 19.7 Å². The molecule has 200 valence electrons. The summed E-state index contributed by atoms with van der Waals surface area (Å²) in [6.45, 7) is 4.90. The van der Waals surface area contributed by atoms with E-state index in [9.17, 15) is 30.7 Å². The molecule has 37 heavy (non-hydrogen) atoms. The summed E-state index contributed by atoms with van der Waals surface area (Å²) in [5.41, 5.74) is -0.649. The van der Waals surface area contributed by atoms with Crippen molar-refractivity contribution in [1.82, 2.24) is 9.03 Å². The van der Waals surface area contributed by atoms with Crippen molar-refractivity contribution >= 4 is 59.1 Å². The summed E-state index contributed by atoms with van der Waals surface area (Å²) in [5, 5.41) is 19.3. The Morgan fingerprint density at radius 3 is 2.16 bits per heavy atom. The summed E-state index contributed by atoms with van der Waals surface area (Å²) < 4.78 is 79.3. The third-order valence-corrected chi connectivity index (χ3v) is 8.70. The molecule has 0 aliphatic heterocycles. The molecule has 0 bridgehead atoms. The smallest absolute Gasteiger partial charge is 0.301 e. The molecule has 0 radical (unpaired) electrons. The number of azo groups is 1. The van der Waals surface area contributed by atoms with Gasteiger partial charge in [-0.05, 0) is 68.2 Å². The second-order valence-corrected chi connectivity index (χ2v) is 13.6. The van der Waals surface area contributed by atoms with E-state index in [1.165, 1.54) is 56.6 Å². The molecule has 0 spiro atoms. The first-order valence-corrected chi connectivity index (χ1v) is 14.7. The van der Waals surface area contributed by atoms with Crippen molar-refractivity contribution in [3.63, 3.8) is 0 Å². The van der Waals surface area contributed by atoms with Gasteiger partial charge in [0.2, 0.25) is 10.0 Å². The zero-order valence-corrected chi connectivity index (χ0v) is 23.0. The molecule has 1 unspecified atom stereocenters. The number of fused-ring (bicyclic) bond motifs is 1. The first-order chi connectivity index (χ1) is 17.0. The molecule has 3 N–H and O–H groups in total. The zero-order valence-electron chi connectivity index (χ0n) is 20.6. The summed E-state index contributed by atoms with van der Waals surface area (Å²) >= 11 is -2.43. The van der Waals surface area contributed by atoms with Crippen molar-refractivity contribution in [3.05, 3.63) is 48.5 Å². The van der Waals surface area contributed by atoms with Crippen LogP contribution in [0.4, 0.5) is 17.1 Å². The molecule has 0 aliphatic rings. The molecule has 3 rings (SSSR count). The number of phenols is 1. The lowest BCUT2D eigenvalue weighted by Crippen LogP contribution is -2.40. The summed E-state index contributed by atoms with van der Waals surface area (Å²) in [5.74, 6) is -0.598. The molecule has 0 amide bonds. The Morgan fingerprint density at radius 2 is 1.62 bits per heavy atom. The van der Waals surface area contributed by atoms with Crippen LogP contribution in [0.1, 0.15) is 20.8 Å². The van der Waals surface area contributed by atoms with Crippen LogP contribution in [-0.4, -0.2) is 54.6 Å². The second-order valence-electron chi connectivity index (χ2n) is 9.14. The highest BCUT2D eigenvalue weighted by Crippen LogP contribution is 2.43. The SMILES string of the molecule is CN(C)S(=O)(=O)Nc1cccc2c(O)c(S(=O)(=O)NC(C)(C)C)cc(N=Nc3ccc(S(=O)[O-])cc3)c12. The molecule has 3 aromatic rings. The Kier molecular flexibility index (Phi) is 8.07. The summed E-state index contributed by atoms with van der Waals surface area (Å²) in [4.78, 5) is -0.440. The normalized spacial score (nSPS) is 13.9. The number of hydrogen-bond acceptors (Lipinski definition) is 9. The highest BCUT2D eigenvalue weighted by Gasteiger charge is 2.28. The largest absolute Gasteiger partial charge is 0.768 e. The van der Waals surface area contributed by atoms with Gasteiger partial charge in [-0.25, -0.2) is 13.1 Å². The molecular weight excluding hydrogens is 542 g/mol. The van der Waals surface area contributed by atoms with Crippen LogP contribution in [-0.2, 0) is 31.3 Å². The quantitative estimate of drug-likeness (QED) is 0.275. The topological polar surface area (TPSA) is 181 Å². The van der Waals surface area contributed by atoms with E-state index in [1.807, 2.05) is 0 Å². The van der Waals surface area contributed by atoms with Gasteiger partial charge < -0.3 is 9.66 Å². The predicted octanol–water partition coefficient (Wildman–Crippen LogP) is 3.49. The predicted molar refractivity (Wildman–Crippen MR) is 140 cm³/mol. The van der Waals surface area contributed by atoms with E-state index in [-0.39, 0.29) is 32.7 Å². The maximum Gasteiger partial charge on any atom is 0.301 e. The van der Waals surface area contributed by atoms with Gasteiger partial charge in [0.25, 0.3) is 0 Å². The minimum Gasteiger partial charge on any atom is -0.768 e. The van der Waals surface area contributed by atoms with E-state index < -0.39 is 47.5 Å². The molecule has 0 fully saturated rings. The van der Waals surface area contributed by atoms with Gasteiger partial charge in [0.15, 0.2) is 0 Å². The van der Waals surface area contributed by atoms with E-state index in [1.54, 1.807) is 20.8 Å². The molecule has 0 heterocycles. The summed E-state index contributed by atoms with van der Waals surface area (Å²) in [6, 6.07) is 10.8. The van der Waals surface area contributed by atoms with Gasteiger partial charge in [-0.1, -0.05) is 12.1 Å². The summed E-state index contributed by atoms with van der Waals surface area (Å²) in [7, 11) is -5.56. The average molecular weight is 569 g/mol. The number of nitrogens with zero attached hydrogens (tertiary/aromatic N) is 3. The Labute approximate surface area is 217 Å². The monoisotopic (exact) mass is 568 g/mol. The number of phenolic OH excluding ortho intramolecular Hbond substituents is 1. The molecule has 0 aromatic heterocycles. The number of benzene rings is 3. The van der Waals surface area contributed by atoms with Gasteiger partial charge in [0, 0.05) is 35.3 Å². The van der Waals surface area contributed by atoms with Crippen molar-refractivity contribution in [2.24, 2.45) is 10.2 Å². The number of anilines is 1. The van der Waals surface area contributed by atoms with Crippen LogP contribution >= 0.6 is 0 Å². The van der Waals surface area contributed by atoms with Crippen LogP contribution in [0.5, 0.6) is 5.75 Å². The number of aromatic hydroxyl groups is 1. The number of hydrogen-bond donors (Lipinski definition) is 3. The second kappa shape index (κ2) is 10.4. The minimum atomic E-state index is -4.24. The van der Waals surface area contributed by atoms with Gasteiger partial charge in [0.05, 0.1) is 17.1 Å². The zero-order chi connectivity index (χ0) is 27.8. The first kappa shape index (κ1) is 28.6. The van der Waals surface area contributed by atoms with E-state index in [4.69, 9.17) is 0 Å². The Morgan fingerprint density at radius 1 is 1.00 bits per heavy atom. The van der Waals surface area contributed by atoms with Crippen molar-refractivity contribution < 1.29 is 30.7 Å². The average Bonchev–Trinajstić information content (AvgIpc) is 2.77. The van der Waals surface area contributed by atoms with Crippen LogP contribution in [0.25, 0.3) is 10.8 Å². The van der Waals surface area contributed by atoms with Crippen molar-refractivity contribution in [1.29, 1.82) is 0 Å². The molecule has 0 saturated heterocycles. The maximum absolute atomic E-state index is 13.1. The van der Waals surface area contributed by atoms with E-state index >= 15 is 0 Å². The van der Waals surface area contributed by atoms with Gasteiger partial charge in [0.1, 0.15) is 10.6 Å². The molecule has 0 saturated carbocycles. The highest BCUT2D eigenvalue weighted by molar-refractivity contribution is 7.90. The minimum absolute atomic E-state index is 0.0155. The number of rotatable bonds is 8. The molecular formula is C22H26N5O7S3-. The highest BCUT2D eigenvalue weighted by atomic mass is 32.2. The molecule has 12 nitrogen and oxygen atoms in total. The molecule has 0 aliphatic carbocycles. The van der Waals surface area contributed by atoms with Crippen molar-refractivity contribution in [2.45, 2.75) is 36.1 Å². The van der Waals surface area contributed by atoms with Crippen LogP contribution in [0.15, 0.2) is 68.6 Å². The maximum atomic E-state index is 13.1. The van der Waals surface area contributed by atoms with E-state index in [0.717, 1.165) is 10.4 Å². The first-order valence-electron chi connectivity index (χ1n) is 10.7. The molecule has 15 heteroatoms.